The van der Waals surface area contributed by atoms with Gasteiger partial charge in [-0.05, 0) is 48.7 Å². The van der Waals surface area contributed by atoms with Crippen LogP contribution in [-0.2, 0) is 30.5 Å². The molecule has 3 rings (SSSR count). The average molecular weight is 571 g/mol. The monoisotopic (exact) mass is 571 g/mol. The number of alkyl halides is 3. The zero-order chi connectivity index (χ0) is 22.4. The zero-order valence-corrected chi connectivity index (χ0v) is 19.5. The minimum absolute atomic E-state index is 0. The first kappa shape index (κ1) is 26.1. The molecule has 2 aromatic rings. The predicted octanol–water partition coefficient (Wildman–Crippen LogP) is 4.77. The molecule has 2 aromatic carbocycles. The van der Waals surface area contributed by atoms with Crippen molar-refractivity contribution in [2.45, 2.75) is 32.7 Å². The molecule has 0 fully saturated rings. The Kier molecular flexibility index (Phi) is 9.49. The van der Waals surface area contributed by atoms with Gasteiger partial charge in [-0.15, -0.1) is 24.0 Å². The molecule has 0 saturated carbocycles. The molecule has 0 aliphatic carbocycles. The standard InChI is InChI=1S/C21H22F5N3O2.HI/c1-2-27-20(29-10-14-3-4-16(22)9-18(14)21(24,25)26)28-6-5-13-7-17(23)8-15-11-30-12-31-19(13)15;/h3-4,7-9H,2,5-6,10-12H2,1H3,(H2,27,28,29);1H. The largest absolute Gasteiger partial charge is 0.467 e. The molecule has 0 aromatic heterocycles. The molecule has 5 nitrogen and oxygen atoms in total. The number of guanidine groups is 1. The molecule has 11 heteroatoms. The molecule has 0 bridgehead atoms. The maximum atomic E-state index is 13.8. The van der Waals surface area contributed by atoms with Crippen molar-refractivity contribution >= 4 is 29.9 Å². The highest BCUT2D eigenvalue weighted by Gasteiger charge is 2.33. The third kappa shape index (κ3) is 6.92. The summed E-state index contributed by atoms with van der Waals surface area (Å²) in [6.07, 6.45) is -4.28. The lowest BCUT2D eigenvalue weighted by Gasteiger charge is -2.21. The molecular weight excluding hydrogens is 548 g/mol. The van der Waals surface area contributed by atoms with E-state index < -0.39 is 23.4 Å². The van der Waals surface area contributed by atoms with Gasteiger partial charge in [0.05, 0.1) is 18.7 Å². The summed E-state index contributed by atoms with van der Waals surface area (Å²) in [5.41, 5.74) is 0.0777. The number of benzene rings is 2. The van der Waals surface area contributed by atoms with E-state index in [1.54, 1.807) is 0 Å². The average Bonchev–Trinajstić information content (AvgIpc) is 2.71. The van der Waals surface area contributed by atoms with Crippen molar-refractivity contribution in [1.29, 1.82) is 0 Å². The van der Waals surface area contributed by atoms with Crippen molar-refractivity contribution in [2.75, 3.05) is 19.9 Å². The molecule has 0 amide bonds. The van der Waals surface area contributed by atoms with Gasteiger partial charge in [0, 0.05) is 18.7 Å². The number of halogens is 6. The summed E-state index contributed by atoms with van der Waals surface area (Å²) in [5, 5.41) is 5.95. The van der Waals surface area contributed by atoms with Crippen LogP contribution in [0, 0.1) is 11.6 Å². The summed E-state index contributed by atoms with van der Waals surface area (Å²) in [5.74, 6) is -0.498. The van der Waals surface area contributed by atoms with Gasteiger partial charge in [-0.2, -0.15) is 13.2 Å². The lowest BCUT2D eigenvalue weighted by atomic mass is 10.1. The summed E-state index contributed by atoms with van der Waals surface area (Å²) in [7, 11) is 0. The van der Waals surface area contributed by atoms with Crippen molar-refractivity contribution in [2.24, 2.45) is 4.99 Å². The smallest absolute Gasteiger partial charge is 0.416 e. The van der Waals surface area contributed by atoms with Crippen LogP contribution in [0.25, 0.3) is 0 Å². The van der Waals surface area contributed by atoms with Crippen molar-refractivity contribution in [3.05, 3.63) is 64.2 Å². The molecule has 1 aliphatic heterocycles. The van der Waals surface area contributed by atoms with Crippen molar-refractivity contribution in [3.8, 4) is 5.75 Å². The number of hydrogen-bond acceptors (Lipinski definition) is 3. The summed E-state index contributed by atoms with van der Waals surface area (Å²) >= 11 is 0. The second-order valence-corrected chi connectivity index (χ2v) is 6.83. The van der Waals surface area contributed by atoms with E-state index in [4.69, 9.17) is 9.47 Å². The predicted molar refractivity (Wildman–Crippen MR) is 120 cm³/mol. The Morgan fingerprint density at radius 1 is 1.06 bits per heavy atom. The van der Waals surface area contributed by atoms with Crippen LogP contribution < -0.4 is 15.4 Å². The fourth-order valence-electron chi connectivity index (χ4n) is 3.21. The maximum Gasteiger partial charge on any atom is 0.416 e. The number of fused-ring (bicyclic) bond motifs is 1. The summed E-state index contributed by atoms with van der Waals surface area (Å²) < 4.78 is 77.2. The number of ether oxygens (including phenoxy) is 2. The molecule has 1 heterocycles. The Morgan fingerprint density at radius 2 is 1.84 bits per heavy atom. The second-order valence-electron chi connectivity index (χ2n) is 6.83. The Labute approximate surface area is 199 Å². The van der Waals surface area contributed by atoms with Crippen LogP contribution in [0.5, 0.6) is 5.75 Å². The van der Waals surface area contributed by atoms with E-state index in [0.717, 1.165) is 12.1 Å². The lowest BCUT2D eigenvalue weighted by molar-refractivity contribution is -0.138. The first-order valence-corrected chi connectivity index (χ1v) is 9.67. The third-order valence-corrected chi connectivity index (χ3v) is 4.57. The van der Waals surface area contributed by atoms with Crippen LogP contribution in [0.15, 0.2) is 35.3 Å². The maximum absolute atomic E-state index is 13.8. The Bertz CT molecular complexity index is 954. The summed E-state index contributed by atoms with van der Waals surface area (Å²) in [4.78, 5) is 4.17. The summed E-state index contributed by atoms with van der Waals surface area (Å²) in [6, 6.07) is 5.24. The van der Waals surface area contributed by atoms with E-state index in [0.29, 0.717) is 42.5 Å². The number of hydrogen-bond donors (Lipinski definition) is 2. The normalized spacial score (nSPS) is 13.6. The fourth-order valence-corrected chi connectivity index (χ4v) is 3.21. The topological polar surface area (TPSA) is 54.9 Å². The lowest BCUT2D eigenvalue weighted by Crippen LogP contribution is -2.38. The van der Waals surface area contributed by atoms with Gasteiger partial charge in [-0.1, -0.05) is 6.07 Å². The van der Waals surface area contributed by atoms with Crippen LogP contribution in [0.2, 0.25) is 0 Å². The highest BCUT2D eigenvalue weighted by molar-refractivity contribution is 14.0. The molecular formula is C21H23F5IN3O2. The van der Waals surface area contributed by atoms with E-state index in [-0.39, 0.29) is 55.4 Å². The van der Waals surface area contributed by atoms with Gasteiger partial charge in [0.2, 0.25) is 0 Å². The van der Waals surface area contributed by atoms with Crippen LogP contribution in [0.4, 0.5) is 22.0 Å². The Hall–Kier alpha value is -2.15. The molecule has 1 aliphatic rings. The highest BCUT2D eigenvalue weighted by Crippen LogP contribution is 2.33. The Morgan fingerprint density at radius 3 is 2.56 bits per heavy atom. The van der Waals surface area contributed by atoms with Crippen LogP contribution >= 0.6 is 24.0 Å². The van der Waals surface area contributed by atoms with Crippen LogP contribution in [-0.4, -0.2) is 25.8 Å². The number of aliphatic imine (C=N–C) groups is 1. The minimum atomic E-state index is -4.68. The first-order valence-electron chi connectivity index (χ1n) is 9.67. The minimum Gasteiger partial charge on any atom is -0.467 e. The van der Waals surface area contributed by atoms with E-state index in [9.17, 15) is 22.0 Å². The van der Waals surface area contributed by atoms with Gasteiger partial charge in [0.15, 0.2) is 12.8 Å². The molecule has 0 atom stereocenters. The quantitative estimate of drug-likeness (QED) is 0.227. The number of rotatable bonds is 6. The van der Waals surface area contributed by atoms with E-state index in [2.05, 4.69) is 15.6 Å². The van der Waals surface area contributed by atoms with Gasteiger partial charge < -0.3 is 20.1 Å². The SMILES string of the molecule is CCNC(=NCc1ccc(F)cc1C(F)(F)F)NCCc1cc(F)cc2c1OCOC2.I. The Balaban J connectivity index is 0.00000363. The molecule has 0 radical (unpaired) electrons. The highest BCUT2D eigenvalue weighted by atomic mass is 127. The molecule has 0 saturated heterocycles. The van der Waals surface area contributed by atoms with Crippen LogP contribution in [0.1, 0.15) is 29.2 Å². The van der Waals surface area contributed by atoms with Gasteiger partial charge >= 0.3 is 6.18 Å². The third-order valence-electron chi connectivity index (χ3n) is 4.57. The van der Waals surface area contributed by atoms with Crippen molar-refractivity contribution in [1.82, 2.24) is 10.6 Å². The zero-order valence-electron chi connectivity index (χ0n) is 17.2. The number of nitrogens with one attached hydrogen (secondary N) is 2. The van der Waals surface area contributed by atoms with Gasteiger partial charge in [-0.3, -0.25) is 0 Å². The van der Waals surface area contributed by atoms with E-state index in [1.807, 2.05) is 6.92 Å². The first-order chi connectivity index (χ1) is 14.8. The molecule has 176 valence electrons. The van der Waals surface area contributed by atoms with Gasteiger partial charge in [0.25, 0.3) is 0 Å². The molecule has 2 N–H and O–H groups in total. The second kappa shape index (κ2) is 11.6. The van der Waals surface area contributed by atoms with Crippen molar-refractivity contribution < 1.29 is 31.4 Å². The fraction of sp³-hybridized carbons (Fsp3) is 0.381. The van der Waals surface area contributed by atoms with Gasteiger partial charge in [-0.25, -0.2) is 13.8 Å². The summed E-state index contributed by atoms with van der Waals surface area (Å²) in [6.45, 7) is 2.69. The van der Waals surface area contributed by atoms with Crippen molar-refractivity contribution in [3.63, 3.8) is 0 Å². The van der Waals surface area contributed by atoms with E-state index >= 15 is 0 Å². The molecule has 0 spiro atoms. The van der Waals surface area contributed by atoms with Gasteiger partial charge in [0.1, 0.15) is 17.4 Å². The van der Waals surface area contributed by atoms with E-state index in [1.165, 1.54) is 12.1 Å². The molecule has 32 heavy (non-hydrogen) atoms. The molecule has 0 unspecified atom stereocenters. The van der Waals surface area contributed by atoms with Crippen LogP contribution in [0.3, 0.4) is 0 Å². The number of nitrogens with zero attached hydrogens (tertiary/aromatic N) is 1.